The summed E-state index contributed by atoms with van der Waals surface area (Å²) < 4.78 is 1.25. The van der Waals surface area contributed by atoms with Gasteiger partial charge >= 0.3 is 0 Å². The van der Waals surface area contributed by atoms with E-state index in [9.17, 15) is 0 Å². The van der Waals surface area contributed by atoms with E-state index < -0.39 is 0 Å². The first-order valence-corrected chi connectivity index (χ1v) is 5.50. The SMILES string of the molecule is CC(C)(C)[C@H](N)c1ccc(I)cc1. The van der Waals surface area contributed by atoms with Crippen molar-refractivity contribution in [1.82, 2.24) is 0 Å². The van der Waals surface area contributed by atoms with Gasteiger partial charge in [0.1, 0.15) is 0 Å². The molecule has 0 amide bonds. The molecule has 0 aliphatic carbocycles. The van der Waals surface area contributed by atoms with Gasteiger partial charge in [-0.2, -0.15) is 0 Å². The molecule has 1 nitrogen and oxygen atoms in total. The molecule has 1 aromatic rings. The van der Waals surface area contributed by atoms with E-state index in [0.29, 0.717) is 0 Å². The number of nitrogens with two attached hydrogens (primary N) is 1. The highest BCUT2D eigenvalue weighted by Gasteiger charge is 2.21. The summed E-state index contributed by atoms with van der Waals surface area (Å²) in [6.45, 7) is 6.49. The van der Waals surface area contributed by atoms with Crippen LogP contribution in [0.1, 0.15) is 32.4 Å². The maximum absolute atomic E-state index is 6.12. The molecule has 1 rings (SSSR count). The van der Waals surface area contributed by atoms with E-state index in [4.69, 9.17) is 5.73 Å². The summed E-state index contributed by atoms with van der Waals surface area (Å²) in [4.78, 5) is 0. The molecule has 2 heteroatoms. The van der Waals surface area contributed by atoms with Gasteiger partial charge in [0.15, 0.2) is 0 Å². The monoisotopic (exact) mass is 289 g/mol. The molecule has 0 saturated heterocycles. The molecule has 0 aromatic heterocycles. The van der Waals surface area contributed by atoms with Gasteiger partial charge in [0.2, 0.25) is 0 Å². The van der Waals surface area contributed by atoms with Crippen molar-refractivity contribution in [3.05, 3.63) is 33.4 Å². The molecule has 0 heterocycles. The van der Waals surface area contributed by atoms with Crippen LogP contribution in [0.25, 0.3) is 0 Å². The number of benzene rings is 1. The fraction of sp³-hybridized carbons (Fsp3) is 0.455. The Bertz CT molecular complexity index is 271. The molecule has 13 heavy (non-hydrogen) atoms. The summed E-state index contributed by atoms with van der Waals surface area (Å²) in [6.07, 6.45) is 0. The zero-order valence-corrected chi connectivity index (χ0v) is 10.5. The maximum atomic E-state index is 6.12. The van der Waals surface area contributed by atoms with E-state index >= 15 is 0 Å². The molecule has 0 aliphatic rings. The van der Waals surface area contributed by atoms with Crippen LogP contribution in [0, 0.1) is 8.99 Å². The summed E-state index contributed by atoms with van der Waals surface area (Å²) in [5.74, 6) is 0. The predicted molar refractivity (Wildman–Crippen MR) is 65.5 cm³/mol. The van der Waals surface area contributed by atoms with Gasteiger partial charge in [-0.1, -0.05) is 32.9 Å². The third kappa shape index (κ3) is 2.95. The van der Waals surface area contributed by atoms with Crippen molar-refractivity contribution >= 4 is 22.6 Å². The van der Waals surface area contributed by atoms with Crippen LogP contribution in [0.3, 0.4) is 0 Å². The summed E-state index contributed by atoms with van der Waals surface area (Å²) in [5, 5.41) is 0. The molecule has 2 N–H and O–H groups in total. The lowest BCUT2D eigenvalue weighted by Gasteiger charge is -2.27. The quantitative estimate of drug-likeness (QED) is 0.788. The second-order valence-electron chi connectivity index (χ2n) is 4.40. The van der Waals surface area contributed by atoms with E-state index in [1.54, 1.807) is 0 Å². The first-order valence-electron chi connectivity index (χ1n) is 4.42. The Balaban J connectivity index is 2.90. The van der Waals surface area contributed by atoms with E-state index in [1.807, 2.05) is 0 Å². The average Bonchev–Trinajstić information content (AvgIpc) is 2.03. The minimum atomic E-state index is 0.115. The van der Waals surface area contributed by atoms with E-state index in [1.165, 1.54) is 9.13 Å². The van der Waals surface area contributed by atoms with Crippen molar-refractivity contribution in [1.29, 1.82) is 0 Å². The fourth-order valence-electron chi connectivity index (χ4n) is 1.17. The lowest BCUT2D eigenvalue weighted by atomic mass is 9.83. The Hall–Kier alpha value is -0.0900. The Morgan fingerprint density at radius 1 is 1.15 bits per heavy atom. The highest BCUT2D eigenvalue weighted by molar-refractivity contribution is 14.1. The lowest BCUT2D eigenvalue weighted by Crippen LogP contribution is -2.26. The third-order valence-electron chi connectivity index (χ3n) is 2.16. The van der Waals surface area contributed by atoms with Crippen LogP contribution in [-0.4, -0.2) is 0 Å². The van der Waals surface area contributed by atoms with Gasteiger partial charge in [0, 0.05) is 9.61 Å². The van der Waals surface area contributed by atoms with E-state index in [0.717, 1.165) is 0 Å². The van der Waals surface area contributed by atoms with Crippen LogP contribution in [0.2, 0.25) is 0 Å². The largest absolute Gasteiger partial charge is 0.324 e. The molecule has 0 radical (unpaired) electrons. The van der Waals surface area contributed by atoms with Crippen LogP contribution in [0.5, 0.6) is 0 Å². The van der Waals surface area contributed by atoms with Crippen molar-refractivity contribution in [2.24, 2.45) is 11.1 Å². The standard InChI is InChI=1S/C11H16IN/c1-11(2,3)10(13)8-4-6-9(12)7-5-8/h4-7,10H,13H2,1-3H3/t10-/m1/s1. The van der Waals surface area contributed by atoms with Crippen LogP contribution < -0.4 is 5.73 Å². The molecule has 0 unspecified atom stereocenters. The second-order valence-corrected chi connectivity index (χ2v) is 5.64. The molecule has 0 bridgehead atoms. The Labute approximate surface area is 93.9 Å². The van der Waals surface area contributed by atoms with Gasteiger partial charge in [-0.3, -0.25) is 0 Å². The number of rotatable bonds is 1. The summed E-state index contributed by atoms with van der Waals surface area (Å²) in [7, 11) is 0. The molecular weight excluding hydrogens is 273 g/mol. The maximum Gasteiger partial charge on any atom is 0.0344 e. The molecule has 1 atom stereocenters. The highest BCUT2D eigenvalue weighted by atomic mass is 127. The first kappa shape index (κ1) is 11.0. The fourth-order valence-corrected chi connectivity index (χ4v) is 1.53. The van der Waals surface area contributed by atoms with Crippen LogP contribution >= 0.6 is 22.6 Å². The molecular formula is C11H16IN. The van der Waals surface area contributed by atoms with Crippen LogP contribution in [0.4, 0.5) is 0 Å². The molecule has 0 saturated carbocycles. The van der Waals surface area contributed by atoms with Crippen molar-refractivity contribution in [3.63, 3.8) is 0 Å². The molecule has 0 spiro atoms. The topological polar surface area (TPSA) is 26.0 Å². The number of hydrogen-bond acceptors (Lipinski definition) is 1. The van der Waals surface area contributed by atoms with Crippen LogP contribution in [-0.2, 0) is 0 Å². The third-order valence-corrected chi connectivity index (χ3v) is 2.88. The van der Waals surface area contributed by atoms with Gasteiger partial charge < -0.3 is 5.73 Å². The predicted octanol–water partition coefficient (Wildman–Crippen LogP) is 3.34. The lowest BCUT2D eigenvalue weighted by molar-refractivity contribution is 0.327. The summed E-state index contributed by atoms with van der Waals surface area (Å²) in [6, 6.07) is 8.53. The highest BCUT2D eigenvalue weighted by Crippen LogP contribution is 2.30. The van der Waals surface area contributed by atoms with Gasteiger partial charge in [-0.15, -0.1) is 0 Å². The van der Waals surface area contributed by atoms with E-state index in [2.05, 4.69) is 67.6 Å². The second kappa shape index (κ2) is 3.96. The normalized spacial score (nSPS) is 14.2. The zero-order chi connectivity index (χ0) is 10.1. The first-order chi connectivity index (χ1) is 5.91. The summed E-state index contributed by atoms with van der Waals surface area (Å²) >= 11 is 2.30. The van der Waals surface area contributed by atoms with Gasteiger partial charge in [0.05, 0.1) is 0 Å². The summed E-state index contributed by atoms with van der Waals surface area (Å²) in [5.41, 5.74) is 7.47. The van der Waals surface area contributed by atoms with Gasteiger partial charge in [-0.05, 0) is 45.7 Å². The minimum Gasteiger partial charge on any atom is -0.324 e. The molecule has 0 fully saturated rings. The van der Waals surface area contributed by atoms with Gasteiger partial charge in [-0.25, -0.2) is 0 Å². The minimum absolute atomic E-state index is 0.115. The Morgan fingerprint density at radius 2 is 1.62 bits per heavy atom. The van der Waals surface area contributed by atoms with Crippen molar-refractivity contribution in [2.45, 2.75) is 26.8 Å². The van der Waals surface area contributed by atoms with Gasteiger partial charge in [0.25, 0.3) is 0 Å². The molecule has 1 aromatic carbocycles. The van der Waals surface area contributed by atoms with Crippen LogP contribution in [0.15, 0.2) is 24.3 Å². The smallest absolute Gasteiger partial charge is 0.0344 e. The number of hydrogen-bond donors (Lipinski definition) is 1. The van der Waals surface area contributed by atoms with E-state index in [-0.39, 0.29) is 11.5 Å². The molecule has 0 aliphatic heterocycles. The Kier molecular flexibility index (Phi) is 3.35. The number of halogens is 1. The van der Waals surface area contributed by atoms with Crippen molar-refractivity contribution < 1.29 is 0 Å². The average molecular weight is 289 g/mol. The zero-order valence-electron chi connectivity index (χ0n) is 8.34. The molecule has 72 valence electrons. The van der Waals surface area contributed by atoms with Crippen molar-refractivity contribution in [3.8, 4) is 0 Å². The van der Waals surface area contributed by atoms with Crippen molar-refractivity contribution in [2.75, 3.05) is 0 Å². The Morgan fingerprint density at radius 3 is 2.00 bits per heavy atom.